The number of carbonyl (C=O) groups excluding carboxylic acids is 2. The highest BCUT2D eigenvalue weighted by atomic mass is 16.5. The van der Waals surface area contributed by atoms with Crippen molar-refractivity contribution in [3.63, 3.8) is 0 Å². The van der Waals surface area contributed by atoms with Gasteiger partial charge in [0, 0.05) is 6.20 Å². The number of Topliss-reactive ketones (excluding diaryl/α,β-unsaturated/α-hetero) is 1. The van der Waals surface area contributed by atoms with Gasteiger partial charge in [-0.1, -0.05) is 0 Å². The summed E-state index contributed by atoms with van der Waals surface area (Å²) in [5.41, 5.74) is 0.919. The first-order chi connectivity index (χ1) is 8.22. The van der Waals surface area contributed by atoms with Crippen molar-refractivity contribution in [1.29, 1.82) is 0 Å². The van der Waals surface area contributed by atoms with E-state index in [1.165, 1.54) is 20.4 Å². The van der Waals surface area contributed by atoms with Gasteiger partial charge in [0.25, 0.3) is 0 Å². The molecule has 2 aromatic rings. The number of nitrogens with one attached hydrogen (secondary N) is 1. The number of benzene rings is 1. The minimum Gasteiger partial charge on any atom is -0.496 e. The summed E-state index contributed by atoms with van der Waals surface area (Å²) in [6, 6.07) is 3.42. The van der Waals surface area contributed by atoms with Crippen LogP contribution in [0.25, 0.3) is 10.9 Å². The van der Waals surface area contributed by atoms with E-state index < -0.39 is 5.78 Å². The predicted molar refractivity (Wildman–Crippen MR) is 61.8 cm³/mol. The minimum absolute atomic E-state index is 0.279. The zero-order chi connectivity index (χ0) is 12.4. The number of hydrogen-bond acceptors (Lipinski definition) is 4. The SMILES string of the molecule is COc1ccc(OC)c2c(C(=O)C=O)c[nH]c12. The zero-order valence-corrected chi connectivity index (χ0v) is 9.44. The van der Waals surface area contributed by atoms with Gasteiger partial charge in [0.2, 0.25) is 5.78 Å². The van der Waals surface area contributed by atoms with Crippen molar-refractivity contribution in [2.75, 3.05) is 14.2 Å². The van der Waals surface area contributed by atoms with Crippen LogP contribution in [0.15, 0.2) is 18.3 Å². The molecule has 0 aliphatic heterocycles. The zero-order valence-electron chi connectivity index (χ0n) is 9.44. The summed E-state index contributed by atoms with van der Waals surface area (Å²) in [7, 11) is 3.03. The summed E-state index contributed by atoms with van der Waals surface area (Å²) in [6.45, 7) is 0. The summed E-state index contributed by atoms with van der Waals surface area (Å²) in [5, 5.41) is 0.559. The third-order valence-electron chi connectivity index (χ3n) is 2.57. The number of methoxy groups -OCH3 is 2. The summed E-state index contributed by atoms with van der Waals surface area (Å²) >= 11 is 0. The maximum Gasteiger partial charge on any atom is 0.227 e. The summed E-state index contributed by atoms with van der Waals surface area (Å²) < 4.78 is 10.3. The number of aldehydes is 1. The predicted octanol–water partition coefficient (Wildman–Crippen LogP) is 1.57. The van der Waals surface area contributed by atoms with Crippen molar-refractivity contribution < 1.29 is 19.1 Å². The van der Waals surface area contributed by atoms with E-state index in [1.807, 2.05) is 0 Å². The Morgan fingerprint density at radius 2 is 1.88 bits per heavy atom. The lowest BCUT2D eigenvalue weighted by molar-refractivity contribution is -0.104. The van der Waals surface area contributed by atoms with Crippen LogP contribution in [0.3, 0.4) is 0 Å². The van der Waals surface area contributed by atoms with Gasteiger partial charge in [0.15, 0.2) is 6.29 Å². The second kappa shape index (κ2) is 4.29. The number of fused-ring (bicyclic) bond motifs is 1. The average Bonchev–Trinajstić information content (AvgIpc) is 2.81. The van der Waals surface area contributed by atoms with E-state index in [4.69, 9.17) is 9.47 Å². The number of rotatable bonds is 4. The average molecular weight is 233 g/mol. The number of ether oxygens (including phenoxy) is 2. The molecule has 0 atom stereocenters. The molecule has 0 radical (unpaired) electrons. The number of aromatic nitrogens is 1. The van der Waals surface area contributed by atoms with E-state index >= 15 is 0 Å². The van der Waals surface area contributed by atoms with Crippen molar-refractivity contribution in [3.8, 4) is 11.5 Å². The summed E-state index contributed by atoms with van der Waals surface area (Å²) in [5.74, 6) is 0.515. The van der Waals surface area contributed by atoms with Gasteiger partial charge < -0.3 is 14.5 Å². The quantitative estimate of drug-likeness (QED) is 0.494. The molecule has 1 heterocycles. The van der Waals surface area contributed by atoms with E-state index in [0.29, 0.717) is 22.4 Å². The van der Waals surface area contributed by atoms with Crippen LogP contribution in [-0.4, -0.2) is 31.3 Å². The summed E-state index contributed by atoms with van der Waals surface area (Å²) in [4.78, 5) is 25.0. The Morgan fingerprint density at radius 3 is 2.47 bits per heavy atom. The molecule has 2 rings (SSSR count). The molecule has 0 unspecified atom stereocenters. The van der Waals surface area contributed by atoms with E-state index in [9.17, 15) is 9.59 Å². The molecule has 0 fully saturated rings. The van der Waals surface area contributed by atoms with Crippen LogP contribution in [-0.2, 0) is 4.79 Å². The molecule has 1 aromatic carbocycles. The van der Waals surface area contributed by atoms with Gasteiger partial charge in [-0.2, -0.15) is 0 Å². The van der Waals surface area contributed by atoms with Crippen LogP contribution in [0, 0.1) is 0 Å². The smallest absolute Gasteiger partial charge is 0.227 e. The Bertz CT molecular complexity index is 585. The van der Waals surface area contributed by atoms with Gasteiger partial charge in [-0.05, 0) is 12.1 Å². The molecule has 0 saturated carbocycles. The van der Waals surface area contributed by atoms with Gasteiger partial charge in [-0.25, -0.2) is 0 Å². The van der Waals surface area contributed by atoms with Crippen LogP contribution in [0.1, 0.15) is 10.4 Å². The number of aromatic amines is 1. The fraction of sp³-hybridized carbons (Fsp3) is 0.167. The normalized spacial score (nSPS) is 10.2. The van der Waals surface area contributed by atoms with Crippen LogP contribution < -0.4 is 9.47 Å². The number of ketones is 1. The Kier molecular flexibility index (Phi) is 2.82. The lowest BCUT2D eigenvalue weighted by atomic mass is 10.1. The monoisotopic (exact) mass is 233 g/mol. The second-order valence-electron chi connectivity index (χ2n) is 3.40. The fourth-order valence-corrected chi connectivity index (χ4v) is 1.79. The third-order valence-corrected chi connectivity index (χ3v) is 2.57. The molecule has 1 aromatic heterocycles. The van der Waals surface area contributed by atoms with Crippen molar-refractivity contribution in [2.45, 2.75) is 0 Å². The molecule has 0 aliphatic carbocycles. The van der Waals surface area contributed by atoms with Crippen LogP contribution in [0.5, 0.6) is 11.5 Å². The van der Waals surface area contributed by atoms with Crippen LogP contribution >= 0.6 is 0 Å². The van der Waals surface area contributed by atoms with E-state index in [1.54, 1.807) is 12.1 Å². The van der Waals surface area contributed by atoms with Gasteiger partial charge in [0.05, 0.1) is 30.7 Å². The van der Waals surface area contributed by atoms with E-state index in [2.05, 4.69) is 4.98 Å². The van der Waals surface area contributed by atoms with Crippen LogP contribution in [0.4, 0.5) is 0 Å². The van der Waals surface area contributed by atoms with Crippen molar-refractivity contribution in [3.05, 3.63) is 23.9 Å². The van der Waals surface area contributed by atoms with Crippen molar-refractivity contribution in [1.82, 2.24) is 4.98 Å². The topological polar surface area (TPSA) is 68.4 Å². The molecule has 0 spiro atoms. The number of carbonyl (C=O) groups is 2. The molecule has 1 N–H and O–H groups in total. The van der Waals surface area contributed by atoms with Crippen molar-refractivity contribution in [2.24, 2.45) is 0 Å². The molecule has 0 bridgehead atoms. The molecule has 88 valence electrons. The van der Waals surface area contributed by atoms with Gasteiger partial charge in [-0.3, -0.25) is 9.59 Å². The van der Waals surface area contributed by atoms with Gasteiger partial charge >= 0.3 is 0 Å². The molecule has 5 nitrogen and oxygen atoms in total. The Morgan fingerprint density at radius 1 is 1.24 bits per heavy atom. The number of hydrogen-bond donors (Lipinski definition) is 1. The largest absolute Gasteiger partial charge is 0.496 e. The lowest BCUT2D eigenvalue weighted by Crippen LogP contribution is -1.99. The Balaban J connectivity index is 2.80. The highest BCUT2D eigenvalue weighted by Crippen LogP contribution is 2.34. The number of H-pyrrole nitrogens is 1. The highest BCUT2D eigenvalue weighted by Gasteiger charge is 2.17. The molecule has 0 saturated heterocycles. The summed E-state index contributed by atoms with van der Waals surface area (Å²) in [6.07, 6.45) is 1.76. The maximum absolute atomic E-state index is 11.5. The highest BCUT2D eigenvalue weighted by molar-refractivity contribution is 6.36. The first kappa shape index (κ1) is 11.2. The van der Waals surface area contributed by atoms with E-state index in [0.717, 1.165) is 0 Å². The van der Waals surface area contributed by atoms with Crippen LogP contribution in [0.2, 0.25) is 0 Å². The first-order valence-corrected chi connectivity index (χ1v) is 4.94. The Hall–Kier alpha value is -2.30. The van der Waals surface area contributed by atoms with Gasteiger partial charge in [0.1, 0.15) is 11.5 Å². The van der Waals surface area contributed by atoms with Gasteiger partial charge in [-0.15, -0.1) is 0 Å². The Labute approximate surface area is 97.3 Å². The van der Waals surface area contributed by atoms with Crippen molar-refractivity contribution >= 4 is 23.0 Å². The lowest BCUT2D eigenvalue weighted by Gasteiger charge is -2.06. The molecular formula is C12H11NO4. The maximum atomic E-state index is 11.5. The molecule has 5 heteroatoms. The molecule has 0 amide bonds. The third kappa shape index (κ3) is 1.65. The molecular weight excluding hydrogens is 222 g/mol. The first-order valence-electron chi connectivity index (χ1n) is 4.94. The second-order valence-corrected chi connectivity index (χ2v) is 3.40. The molecule has 17 heavy (non-hydrogen) atoms. The standard InChI is InChI=1S/C12H11NO4/c1-16-9-3-4-10(17-2)12-11(9)7(5-13-12)8(15)6-14/h3-6,13H,1-2H3. The van der Waals surface area contributed by atoms with E-state index in [-0.39, 0.29) is 11.8 Å². The minimum atomic E-state index is -0.595. The molecule has 0 aliphatic rings. The fourth-order valence-electron chi connectivity index (χ4n) is 1.79.